The number of rotatable bonds is 4. The first-order valence-electron chi connectivity index (χ1n) is 8.99. The maximum atomic E-state index is 12.4. The molecule has 4 nitrogen and oxygen atoms in total. The van der Waals surface area contributed by atoms with Crippen molar-refractivity contribution in [2.45, 2.75) is 70.9 Å². The fourth-order valence-corrected chi connectivity index (χ4v) is 3.72. The zero-order chi connectivity index (χ0) is 17.3. The molecule has 1 aliphatic carbocycles. The lowest BCUT2D eigenvalue weighted by Crippen LogP contribution is -2.41. The predicted octanol–water partition coefficient (Wildman–Crippen LogP) is 4.22. The third-order valence-electron chi connectivity index (χ3n) is 5.15. The molecule has 0 spiro atoms. The highest BCUT2D eigenvalue weighted by molar-refractivity contribution is 5.88. The fraction of sp³-hybridized carbons (Fsp3) is 0.550. The van der Waals surface area contributed by atoms with Gasteiger partial charge in [0.25, 0.3) is 0 Å². The molecule has 1 amide bonds. The lowest BCUT2D eigenvalue weighted by Gasteiger charge is -2.26. The van der Waals surface area contributed by atoms with Crippen LogP contribution in [0.3, 0.4) is 0 Å². The minimum Gasteiger partial charge on any atom is -0.464 e. The van der Waals surface area contributed by atoms with Crippen molar-refractivity contribution in [1.82, 2.24) is 5.32 Å². The summed E-state index contributed by atoms with van der Waals surface area (Å²) in [5.41, 5.74) is 10.3. The van der Waals surface area contributed by atoms with Gasteiger partial charge in [-0.15, -0.1) is 12.4 Å². The molecule has 1 aromatic heterocycles. The van der Waals surface area contributed by atoms with Gasteiger partial charge in [-0.1, -0.05) is 13.8 Å². The lowest BCUT2D eigenvalue weighted by atomic mass is 9.91. The van der Waals surface area contributed by atoms with E-state index in [1.807, 2.05) is 0 Å². The van der Waals surface area contributed by atoms with Crippen LogP contribution >= 0.6 is 12.4 Å². The van der Waals surface area contributed by atoms with E-state index in [-0.39, 0.29) is 24.4 Å². The summed E-state index contributed by atoms with van der Waals surface area (Å²) >= 11 is 0. The summed E-state index contributed by atoms with van der Waals surface area (Å²) in [5, 5.41) is 4.22. The van der Waals surface area contributed by atoms with E-state index >= 15 is 0 Å². The van der Waals surface area contributed by atoms with Crippen LogP contribution in [-0.2, 0) is 11.2 Å². The molecule has 1 fully saturated rings. The molecule has 0 radical (unpaired) electrons. The number of amides is 1. The van der Waals surface area contributed by atoms with Crippen LogP contribution in [-0.4, -0.2) is 18.0 Å². The first-order chi connectivity index (χ1) is 11.4. The summed E-state index contributed by atoms with van der Waals surface area (Å²) < 4.78 is 5.67. The Morgan fingerprint density at radius 2 is 1.96 bits per heavy atom. The number of hydrogen-bond acceptors (Lipinski definition) is 3. The number of nitrogens with one attached hydrogen (secondary N) is 1. The zero-order valence-electron chi connectivity index (χ0n) is 15.3. The average molecular weight is 365 g/mol. The third-order valence-corrected chi connectivity index (χ3v) is 5.15. The highest BCUT2D eigenvalue weighted by Gasteiger charge is 2.21. The van der Waals surface area contributed by atoms with Crippen LogP contribution in [0.15, 0.2) is 22.8 Å². The van der Waals surface area contributed by atoms with Gasteiger partial charge in [0.05, 0.1) is 12.7 Å². The first-order valence-corrected chi connectivity index (χ1v) is 8.99. The molecule has 0 aliphatic heterocycles. The van der Waals surface area contributed by atoms with E-state index in [1.54, 1.807) is 6.26 Å². The number of nitrogens with two attached hydrogens (primary N) is 1. The minimum atomic E-state index is 0. The Morgan fingerprint density at radius 1 is 1.28 bits per heavy atom. The van der Waals surface area contributed by atoms with Crippen LogP contribution in [0.5, 0.6) is 0 Å². The number of hydrogen-bond donors (Lipinski definition) is 2. The van der Waals surface area contributed by atoms with Gasteiger partial charge < -0.3 is 15.5 Å². The summed E-state index contributed by atoms with van der Waals surface area (Å²) in [5.74, 6) is 0.530. The smallest absolute Gasteiger partial charge is 0.224 e. The van der Waals surface area contributed by atoms with Crippen molar-refractivity contribution >= 4 is 29.3 Å². The van der Waals surface area contributed by atoms with Gasteiger partial charge in [-0.3, -0.25) is 4.79 Å². The monoisotopic (exact) mass is 364 g/mol. The highest BCUT2D eigenvalue weighted by Crippen LogP contribution is 2.29. The first kappa shape index (κ1) is 19.8. The Morgan fingerprint density at radius 3 is 2.60 bits per heavy atom. The van der Waals surface area contributed by atoms with E-state index in [1.165, 1.54) is 11.1 Å². The second-order valence-electron chi connectivity index (χ2n) is 7.48. The van der Waals surface area contributed by atoms with Gasteiger partial charge in [-0.05, 0) is 61.8 Å². The van der Waals surface area contributed by atoms with Gasteiger partial charge in [-0.2, -0.15) is 0 Å². The van der Waals surface area contributed by atoms with Crippen molar-refractivity contribution in [3.63, 3.8) is 0 Å². The van der Waals surface area contributed by atoms with E-state index in [0.29, 0.717) is 18.4 Å². The quantitative estimate of drug-likeness (QED) is 0.853. The van der Waals surface area contributed by atoms with Gasteiger partial charge in [0.2, 0.25) is 5.91 Å². The summed E-state index contributed by atoms with van der Waals surface area (Å²) in [6.45, 7) is 6.49. The van der Waals surface area contributed by atoms with Crippen LogP contribution in [0.2, 0.25) is 0 Å². The van der Waals surface area contributed by atoms with E-state index in [2.05, 4.69) is 38.2 Å². The molecule has 25 heavy (non-hydrogen) atoms. The topological polar surface area (TPSA) is 68.3 Å². The number of furan rings is 1. The Balaban J connectivity index is 0.00000225. The minimum absolute atomic E-state index is 0. The van der Waals surface area contributed by atoms with Crippen molar-refractivity contribution in [1.29, 1.82) is 0 Å². The van der Waals surface area contributed by atoms with Crippen LogP contribution in [0.1, 0.15) is 62.1 Å². The van der Waals surface area contributed by atoms with E-state index in [4.69, 9.17) is 10.2 Å². The molecule has 5 heteroatoms. The summed E-state index contributed by atoms with van der Waals surface area (Å²) in [6.07, 6.45) is 6.05. The van der Waals surface area contributed by atoms with Crippen molar-refractivity contribution in [2.75, 3.05) is 0 Å². The fourth-order valence-electron chi connectivity index (χ4n) is 3.72. The summed E-state index contributed by atoms with van der Waals surface area (Å²) in [4.78, 5) is 12.4. The summed E-state index contributed by atoms with van der Waals surface area (Å²) in [7, 11) is 0. The Bertz CT molecular complexity index is 731. The lowest BCUT2D eigenvalue weighted by molar-refractivity contribution is -0.121. The second-order valence-corrected chi connectivity index (χ2v) is 7.48. The maximum Gasteiger partial charge on any atom is 0.224 e. The van der Waals surface area contributed by atoms with E-state index in [9.17, 15) is 4.79 Å². The van der Waals surface area contributed by atoms with Crippen LogP contribution in [0.4, 0.5) is 0 Å². The van der Waals surface area contributed by atoms with Crippen molar-refractivity contribution in [3.05, 3.63) is 35.1 Å². The number of aryl methyl sites for hydroxylation is 1. The van der Waals surface area contributed by atoms with E-state index < -0.39 is 0 Å². The van der Waals surface area contributed by atoms with Crippen molar-refractivity contribution in [2.24, 2.45) is 5.73 Å². The molecule has 0 bridgehead atoms. The van der Waals surface area contributed by atoms with E-state index in [0.717, 1.165) is 42.2 Å². The predicted molar refractivity (Wildman–Crippen MR) is 104 cm³/mol. The van der Waals surface area contributed by atoms with Crippen molar-refractivity contribution < 1.29 is 9.21 Å². The van der Waals surface area contributed by atoms with Crippen LogP contribution in [0, 0.1) is 6.92 Å². The molecule has 0 saturated heterocycles. The Hall–Kier alpha value is -1.52. The Kier molecular flexibility index (Phi) is 6.53. The number of carbonyl (C=O) groups is 1. The molecule has 1 aliphatic rings. The number of halogens is 1. The molecule has 138 valence electrons. The Labute approximate surface area is 155 Å². The zero-order valence-corrected chi connectivity index (χ0v) is 16.1. The molecule has 1 aromatic carbocycles. The molecular weight excluding hydrogens is 336 g/mol. The van der Waals surface area contributed by atoms with Gasteiger partial charge in [0.1, 0.15) is 5.58 Å². The standard InChI is InChI=1S/C20H28N2O2.ClH/c1-12(2)17-10-18-14(11-24-19(18)8-13(17)3)9-20(23)22-16-6-4-15(21)5-7-16;/h8,10-12,15-16H,4-7,9,21H2,1-3H3,(H,22,23);1H. The van der Waals surface area contributed by atoms with Crippen molar-refractivity contribution in [3.8, 4) is 0 Å². The normalized spacial score (nSPS) is 20.5. The summed E-state index contributed by atoms with van der Waals surface area (Å²) in [6, 6.07) is 4.83. The SMILES string of the molecule is Cc1cc2occ(CC(=O)NC3CCC(N)CC3)c2cc1C(C)C.Cl. The molecule has 1 saturated carbocycles. The van der Waals surface area contributed by atoms with Gasteiger partial charge >= 0.3 is 0 Å². The number of carbonyl (C=O) groups excluding carboxylic acids is 1. The van der Waals surface area contributed by atoms with Gasteiger partial charge in [-0.25, -0.2) is 0 Å². The molecular formula is C20H29ClN2O2. The second kappa shape index (κ2) is 8.24. The molecule has 3 N–H and O–H groups in total. The van der Waals surface area contributed by atoms with Crippen LogP contribution in [0.25, 0.3) is 11.0 Å². The number of fused-ring (bicyclic) bond motifs is 1. The number of benzene rings is 1. The third kappa shape index (κ3) is 4.56. The molecule has 0 unspecified atom stereocenters. The molecule has 3 rings (SSSR count). The molecule has 0 atom stereocenters. The average Bonchev–Trinajstić information content (AvgIpc) is 2.90. The maximum absolute atomic E-state index is 12.4. The van der Waals surface area contributed by atoms with Gasteiger partial charge in [0.15, 0.2) is 0 Å². The largest absolute Gasteiger partial charge is 0.464 e. The highest BCUT2D eigenvalue weighted by atomic mass is 35.5. The molecule has 2 aromatic rings. The van der Waals surface area contributed by atoms with Gasteiger partial charge in [0, 0.05) is 23.0 Å². The van der Waals surface area contributed by atoms with Crippen LogP contribution < -0.4 is 11.1 Å². The molecule has 1 heterocycles.